The van der Waals surface area contributed by atoms with E-state index in [1.807, 2.05) is 28.9 Å². The van der Waals surface area contributed by atoms with E-state index in [2.05, 4.69) is 46.2 Å². The lowest BCUT2D eigenvalue weighted by Gasteiger charge is -2.49. The smallest absolute Gasteiger partial charge is 0.222 e. The Balaban J connectivity index is 1.49. The van der Waals surface area contributed by atoms with Gasteiger partial charge in [0.1, 0.15) is 0 Å². The summed E-state index contributed by atoms with van der Waals surface area (Å²) in [6.45, 7) is 4.93. The van der Waals surface area contributed by atoms with Crippen molar-refractivity contribution in [2.24, 2.45) is 0 Å². The fourth-order valence-electron chi connectivity index (χ4n) is 4.45. The number of likely N-dealkylation sites (N-methyl/N-ethyl adjacent to an activating group) is 1. The van der Waals surface area contributed by atoms with Crippen LogP contribution in [0.1, 0.15) is 24.8 Å². The number of piperazine rings is 1. The monoisotopic (exact) mass is 367 g/mol. The van der Waals surface area contributed by atoms with Gasteiger partial charge in [-0.3, -0.25) is 14.6 Å². The Morgan fingerprint density at radius 2 is 2.00 bits per heavy atom. The van der Waals surface area contributed by atoms with Crippen molar-refractivity contribution in [3.63, 3.8) is 0 Å². The van der Waals surface area contributed by atoms with Crippen LogP contribution in [0.2, 0.25) is 0 Å². The molecule has 0 radical (unpaired) electrons. The third kappa shape index (κ3) is 3.77. The van der Waals surface area contributed by atoms with E-state index in [9.17, 15) is 4.79 Å². The molecule has 1 atom stereocenters. The van der Waals surface area contributed by atoms with E-state index >= 15 is 0 Å². The summed E-state index contributed by atoms with van der Waals surface area (Å²) in [7, 11) is 4.16. The molecule has 6 heteroatoms. The first-order valence-corrected chi connectivity index (χ1v) is 9.82. The highest BCUT2D eigenvalue weighted by Gasteiger charge is 2.41. The highest BCUT2D eigenvalue weighted by Crippen LogP contribution is 2.32. The van der Waals surface area contributed by atoms with Crippen molar-refractivity contribution in [1.29, 1.82) is 0 Å². The van der Waals surface area contributed by atoms with Crippen molar-refractivity contribution in [3.8, 4) is 5.69 Å². The van der Waals surface area contributed by atoms with Gasteiger partial charge in [-0.15, -0.1) is 0 Å². The molecule has 2 aliphatic rings. The van der Waals surface area contributed by atoms with Gasteiger partial charge in [0.15, 0.2) is 0 Å². The molecule has 0 bridgehead atoms. The minimum Gasteiger partial charge on any atom is -0.346 e. The number of amides is 1. The molecule has 27 heavy (non-hydrogen) atoms. The molecule has 2 fully saturated rings. The molecule has 0 saturated carbocycles. The maximum Gasteiger partial charge on any atom is 0.222 e. The number of aromatic nitrogens is 2. The van der Waals surface area contributed by atoms with Gasteiger partial charge in [0, 0.05) is 64.1 Å². The number of hydrogen-bond acceptors (Lipinski definition) is 4. The zero-order chi connectivity index (χ0) is 18.9. The van der Waals surface area contributed by atoms with Gasteiger partial charge in [0.25, 0.3) is 0 Å². The van der Waals surface area contributed by atoms with E-state index < -0.39 is 0 Å². The molecule has 3 heterocycles. The number of carbonyl (C=O) groups excluding carboxylic acids is 1. The normalized spacial score (nSPS) is 25.1. The average Bonchev–Trinajstić information content (AvgIpc) is 3.17. The summed E-state index contributed by atoms with van der Waals surface area (Å²) in [6.07, 6.45) is 6.44. The lowest BCUT2D eigenvalue weighted by Crippen LogP contribution is -2.60. The number of nitrogens with zero attached hydrogens (tertiary/aromatic N) is 5. The van der Waals surface area contributed by atoms with Crippen LogP contribution in [0.15, 0.2) is 42.7 Å². The highest BCUT2D eigenvalue weighted by atomic mass is 16.2. The first-order chi connectivity index (χ1) is 13.1. The first kappa shape index (κ1) is 18.2. The van der Waals surface area contributed by atoms with Crippen molar-refractivity contribution in [1.82, 2.24) is 24.5 Å². The standard InChI is InChI=1S/C21H29N5O/c1-23-12-9-21(8-7-20(23)27)17-25(14-13-24(21)2)16-18-5-3-6-19(15-18)26-11-4-10-22-26/h3-6,10-11,15H,7-9,12-14,16-17H2,1-2H3/t21-/m0/s1. The summed E-state index contributed by atoms with van der Waals surface area (Å²) < 4.78 is 1.90. The summed E-state index contributed by atoms with van der Waals surface area (Å²) in [5.41, 5.74) is 2.52. The van der Waals surface area contributed by atoms with Crippen molar-refractivity contribution >= 4 is 5.91 Å². The largest absolute Gasteiger partial charge is 0.346 e. The van der Waals surface area contributed by atoms with Crippen LogP contribution in [-0.4, -0.2) is 76.2 Å². The van der Waals surface area contributed by atoms with Gasteiger partial charge >= 0.3 is 0 Å². The molecule has 1 spiro atoms. The Morgan fingerprint density at radius 3 is 2.81 bits per heavy atom. The van der Waals surface area contributed by atoms with Crippen LogP contribution in [0.3, 0.4) is 0 Å². The number of benzene rings is 1. The Bertz CT molecular complexity index is 790. The van der Waals surface area contributed by atoms with Crippen LogP contribution < -0.4 is 0 Å². The molecule has 2 aliphatic heterocycles. The number of likely N-dealkylation sites (tertiary alicyclic amines) is 1. The summed E-state index contributed by atoms with van der Waals surface area (Å²) in [5, 5.41) is 4.34. The molecular formula is C21H29N5O. The fraction of sp³-hybridized carbons (Fsp3) is 0.524. The average molecular weight is 367 g/mol. The lowest BCUT2D eigenvalue weighted by molar-refractivity contribution is -0.129. The molecule has 1 aromatic carbocycles. The number of rotatable bonds is 3. The molecular weight excluding hydrogens is 338 g/mol. The topological polar surface area (TPSA) is 44.6 Å². The van der Waals surface area contributed by atoms with Crippen molar-refractivity contribution in [2.75, 3.05) is 40.3 Å². The SMILES string of the molecule is CN1CC[C@@]2(CCC1=O)CN(Cc1cccc(-n3cccn3)c1)CCN2C. The van der Waals surface area contributed by atoms with Gasteiger partial charge in [0.05, 0.1) is 5.69 Å². The molecule has 0 aliphatic carbocycles. The minimum absolute atomic E-state index is 0.109. The molecule has 1 aromatic heterocycles. The first-order valence-electron chi connectivity index (χ1n) is 9.82. The fourth-order valence-corrected chi connectivity index (χ4v) is 4.45. The summed E-state index contributed by atoms with van der Waals surface area (Å²) in [4.78, 5) is 19.1. The third-order valence-electron chi connectivity index (χ3n) is 6.31. The van der Waals surface area contributed by atoms with E-state index in [-0.39, 0.29) is 11.4 Å². The van der Waals surface area contributed by atoms with Gasteiger partial charge < -0.3 is 4.90 Å². The quantitative estimate of drug-likeness (QED) is 0.832. The van der Waals surface area contributed by atoms with Crippen molar-refractivity contribution in [2.45, 2.75) is 31.3 Å². The minimum atomic E-state index is 0.109. The lowest BCUT2D eigenvalue weighted by atomic mass is 9.86. The Morgan fingerprint density at radius 1 is 1.11 bits per heavy atom. The van der Waals surface area contributed by atoms with E-state index in [1.54, 1.807) is 6.20 Å². The van der Waals surface area contributed by atoms with Crippen molar-refractivity contribution < 1.29 is 4.79 Å². The van der Waals surface area contributed by atoms with Crippen LogP contribution in [0, 0.1) is 0 Å². The van der Waals surface area contributed by atoms with Gasteiger partial charge in [-0.1, -0.05) is 12.1 Å². The molecule has 1 amide bonds. The van der Waals surface area contributed by atoms with E-state index in [0.717, 1.165) is 51.3 Å². The van der Waals surface area contributed by atoms with E-state index in [0.29, 0.717) is 6.42 Å². The predicted molar refractivity (Wildman–Crippen MR) is 106 cm³/mol. The Kier molecular flexibility index (Phi) is 5.02. The maximum absolute atomic E-state index is 12.2. The van der Waals surface area contributed by atoms with Crippen LogP contribution in [0.4, 0.5) is 0 Å². The molecule has 0 N–H and O–H groups in total. The third-order valence-corrected chi connectivity index (χ3v) is 6.31. The van der Waals surface area contributed by atoms with Crippen molar-refractivity contribution in [3.05, 3.63) is 48.3 Å². The van der Waals surface area contributed by atoms with E-state index in [1.165, 1.54) is 5.56 Å². The number of carbonyl (C=O) groups is 1. The molecule has 6 nitrogen and oxygen atoms in total. The molecule has 0 unspecified atom stereocenters. The van der Waals surface area contributed by atoms with Crippen LogP contribution in [0.5, 0.6) is 0 Å². The second kappa shape index (κ2) is 7.44. The molecule has 2 saturated heterocycles. The predicted octanol–water partition coefficient (Wildman–Crippen LogP) is 2.00. The van der Waals surface area contributed by atoms with Gasteiger partial charge in [-0.05, 0) is 43.7 Å². The highest BCUT2D eigenvalue weighted by molar-refractivity contribution is 5.76. The summed E-state index contributed by atoms with van der Waals surface area (Å²) >= 11 is 0. The van der Waals surface area contributed by atoms with Crippen LogP contribution >= 0.6 is 0 Å². The molecule has 4 rings (SSSR count). The zero-order valence-corrected chi connectivity index (χ0v) is 16.3. The van der Waals surface area contributed by atoms with Gasteiger partial charge in [0.2, 0.25) is 5.91 Å². The Hall–Kier alpha value is -2.18. The van der Waals surface area contributed by atoms with Crippen LogP contribution in [0.25, 0.3) is 5.69 Å². The van der Waals surface area contributed by atoms with E-state index in [4.69, 9.17) is 0 Å². The zero-order valence-electron chi connectivity index (χ0n) is 16.3. The van der Waals surface area contributed by atoms with Crippen LogP contribution in [-0.2, 0) is 11.3 Å². The van der Waals surface area contributed by atoms with Gasteiger partial charge in [-0.2, -0.15) is 5.10 Å². The second-order valence-corrected chi connectivity index (χ2v) is 8.04. The summed E-state index contributed by atoms with van der Waals surface area (Å²) in [6, 6.07) is 10.6. The second-order valence-electron chi connectivity index (χ2n) is 8.04. The molecule has 2 aromatic rings. The van der Waals surface area contributed by atoms with Gasteiger partial charge in [-0.25, -0.2) is 4.68 Å². The summed E-state index contributed by atoms with van der Waals surface area (Å²) in [5.74, 6) is 0.282. The number of hydrogen-bond donors (Lipinski definition) is 0. The maximum atomic E-state index is 12.2. The Labute approximate surface area is 161 Å². The molecule has 144 valence electrons.